The lowest BCUT2D eigenvalue weighted by atomic mass is 10.1. The van der Waals surface area contributed by atoms with Crippen molar-refractivity contribution in [2.75, 3.05) is 0 Å². The molecule has 1 heteroatoms. The van der Waals surface area contributed by atoms with Crippen LogP contribution in [0.3, 0.4) is 0 Å². The molecular formula is C27H27Si. The Morgan fingerprint density at radius 2 is 1.11 bits per heavy atom. The quantitative estimate of drug-likeness (QED) is 0.402. The van der Waals surface area contributed by atoms with E-state index in [9.17, 15) is 0 Å². The molecule has 3 aromatic carbocycles. The molecule has 0 aromatic heterocycles. The van der Waals surface area contributed by atoms with Crippen molar-refractivity contribution in [3.8, 4) is 0 Å². The Hall–Kier alpha value is -2.64. The molecule has 4 rings (SSSR count). The number of rotatable bonds is 7. The fourth-order valence-corrected chi connectivity index (χ4v) is 9.49. The summed E-state index contributed by atoms with van der Waals surface area (Å²) in [5, 5.41) is 4.36. The van der Waals surface area contributed by atoms with Gasteiger partial charge >= 0.3 is 0 Å². The van der Waals surface area contributed by atoms with E-state index >= 15 is 0 Å². The van der Waals surface area contributed by atoms with Gasteiger partial charge in [0, 0.05) is 5.54 Å². The van der Waals surface area contributed by atoms with E-state index in [0.717, 1.165) is 6.42 Å². The molecule has 0 fully saturated rings. The summed E-state index contributed by atoms with van der Waals surface area (Å²) >= 11 is 0. The van der Waals surface area contributed by atoms with Crippen molar-refractivity contribution in [1.29, 1.82) is 0 Å². The van der Waals surface area contributed by atoms with Crippen molar-refractivity contribution in [3.05, 3.63) is 120 Å². The third-order valence-corrected chi connectivity index (χ3v) is 10.6. The van der Waals surface area contributed by atoms with Crippen LogP contribution in [0, 0.1) is 5.54 Å². The van der Waals surface area contributed by atoms with Gasteiger partial charge in [0.25, 0.3) is 0 Å². The largest absolute Gasteiger partial charge is 0.163 e. The first-order valence-corrected chi connectivity index (χ1v) is 12.3. The average Bonchev–Trinajstić information content (AvgIpc) is 3.24. The molecule has 28 heavy (non-hydrogen) atoms. The van der Waals surface area contributed by atoms with E-state index in [1.165, 1.54) is 34.0 Å². The van der Waals surface area contributed by atoms with Gasteiger partial charge in [-0.25, -0.2) is 0 Å². The fraction of sp³-hybridized carbons (Fsp3) is 0.148. The van der Waals surface area contributed by atoms with Gasteiger partial charge in [0.05, 0.1) is 0 Å². The van der Waals surface area contributed by atoms with E-state index in [4.69, 9.17) is 0 Å². The Bertz CT molecular complexity index is 843. The van der Waals surface area contributed by atoms with Gasteiger partial charge in [0.1, 0.15) is 0 Å². The molecule has 139 valence electrons. The van der Waals surface area contributed by atoms with Crippen LogP contribution in [0.5, 0.6) is 0 Å². The summed E-state index contributed by atoms with van der Waals surface area (Å²) in [7, 11) is -2.34. The Morgan fingerprint density at radius 1 is 0.643 bits per heavy atom. The maximum absolute atomic E-state index is 2.39. The molecule has 1 aliphatic rings. The summed E-state index contributed by atoms with van der Waals surface area (Å²) in [5.74, 6) is 0. The molecule has 0 unspecified atom stereocenters. The Morgan fingerprint density at radius 3 is 1.54 bits per heavy atom. The Labute approximate surface area is 170 Å². The van der Waals surface area contributed by atoms with E-state index in [1.807, 2.05) is 0 Å². The SMILES string of the molecule is CCCCC1=CC=C[C]1[Si](c1ccccc1)(c1ccccc1)c1ccccc1. The second kappa shape index (κ2) is 8.58. The smallest absolute Gasteiger partial charge is 0.0750 e. The van der Waals surface area contributed by atoms with Crippen LogP contribution in [0.4, 0.5) is 0 Å². The predicted octanol–water partition coefficient (Wildman–Crippen LogP) is 4.96. The summed E-state index contributed by atoms with van der Waals surface area (Å²) < 4.78 is 0. The van der Waals surface area contributed by atoms with Crippen molar-refractivity contribution < 1.29 is 0 Å². The van der Waals surface area contributed by atoms with Crippen LogP contribution in [-0.4, -0.2) is 8.07 Å². The number of hydrogen-bond donors (Lipinski definition) is 0. The lowest BCUT2D eigenvalue weighted by Crippen LogP contribution is -2.70. The van der Waals surface area contributed by atoms with Crippen LogP contribution in [0.25, 0.3) is 0 Å². The van der Waals surface area contributed by atoms with Gasteiger partial charge in [-0.3, -0.25) is 0 Å². The average molecular weight is 380 g/mol. The van der Waals surface area contributed by atoms with E-state index in [1.54, 1.807) is 5.54 Å². The van der Waals surface area contributed by atoms with Crippen LogP contribution in [0.2, 0.25) is 0 Å². The van der Waals surface area contributed by atoms with Crippen molar-refractivity contribution in [1.82, 2.24) is 0 Å². The predicted molar refractivity (Wildman–Crippen MR) is 124 cm³/mol. The first kappa shape index (κ1) is 18.7. The normalized spacial score (nSPS) is 14.2. The van der Waals surface area contributed by atoms with Crippen LogP contribution < -0.4 is 15.6 Å². The molecule has 0 heterocycles. The second-order valence-electron chi connectivity index (χ2n) is 7.42. The Balaban J connectivity index is 2.00. The molecule has 3 aromatic rings. The molecule has 0 saturated heterocycles. The third kappa shape index (κ3) is 3.31. The molecule has 0 saturated carbocycles. The van der Waals surface area contributed by atoms with Gasteiger partial charge in [-0.1, -0.05) is 128 Å². The molecule has 0 nitrogen and oxygen atoms in total. The zero-order chi connectivity index (χ0) is 19.2. The third-order valence-electron chi connectivity index (χ3n) is 5.73. The first-order valence-electron chi connectivity index (χ1n) is 10.3. The maximum atomic E-state index is 2.39. The molecular weight excluding hydrogens is 352 g/mol. The van der Waals surface area contributed by atoms with Gasteiger partial charge in [-0.05, 0) is 28.4 Å². The van der Waals surface area contributed by atoms with Gasteiger partial charge in [0.2, 0.25) is 0 Å². The molecule has 1 radical (unpaired) electrons. The summed E-state index contributed by atoms with van der Waals surface area (Å²) in [4.78, 5) is 0. The molecule has 1 aliphatic carbocycles. The summed E-state index contributed by atoms with van der Waals surface area (Å²) in [6, 6.07) is 33.5. The van der Waals surface area contributed by atoms with Gasteiger partial charge < -0.3 is 0 Å². The topological polar surface area (TPSA) is 0 Å². The van der Waals surface area contributed by atoms with Crippen LogP contribution in [0.1, 0.15) is 26.2 Å². The molecule has 0 amide bonds. The monoisotopic (exact) mass is 379 g/mol. The molecule has 0 spiro atoms. The number of unbranched alkanes of at least 4 members (excludes halogenated alkanes) is 1. The van der Waals surface area contributed by atoms with Gasteiger partial charge in [-0.15, -0.1) is 0 Å². The fourth-order valence-electron chi connectivity index (χ4n) is 4.44. The van der Waals surface area contributed by atoms with Gasteiger partial charge in [-0.2, -0.15) is 0 Å². The Kier molecular flexibility index (Phi) is 5.73. The second-order valence-corrected chi connectivity index (χ2v) is 11.2. The lowest BCUT2D eigenvalue weighted by Gasteiger charge is -2.39. The molecule has 0 N–H and O–H groups in total. The number of allylic oxidation sites excluding steroid dienone is 4. The highest BCUT2D eigenvalue weighted by atomic mass is 28.3. The first-order chi connectivity index (χ1) is 13.9. The molecule has 0 aliphatic heterocycles. The maximum Gasteiger partial charge on any atom is 0.163 e. The van der Waals surface area contributed by atoms with E-state index in [2.05, 4.69) is 116 Å². The number of benzene rings is 3. The minimum Gasteiger partial charge on any atom is -0.0750 e. The van der Waals surface area contributed by atoms with Crippen LogP contribution in [0.15, 0.2) is 115 Å². The van der Waals surface area contributed by atoms with E-state index in [-0.39, 0.29) is 0 Å². The highest BCUT2D eigenvalue weighted by Crippen LogP contribution is 2.34. The van der Waals surface area contributed by atoms with Crippen molar-refractivity contribution in [2.45, 2.75) is 26.2 Å². The zero-order valence-electron chi connectivity index (χ0n) is 16.5. The van der Waals surface area contributed by atoms with Crippen molar-refractivity contribution in [2.24, 2.45) is 0 Å². The zero-order valence-corrected chi connectivity index (χ0v) is 17.5. The van der Waals surface area contributed by atoms with Gasteiger partial charge in [0.15, 0.2) is 8.07 Å². The lowest BCUT2D eigenvalue weighted by molar-refractivity contribution is 0.791. The van der Waals surface area contributed by atoms with Crippen LogP contribution in [-0.2, 0) is 0 Å². The summed E-state index contributed by atoms with van der Waals surface area (Å²) in [5.41, 5.74) is 3.06. The molecule has 0 bridgehead atoms. The number of hydrogen-bond acceptors (Lipinski definition) is 0. The minimum absolute atomic E-state index is 1.15. The highest BCUT2D eigenvalue weighted by molar-refractivity contribution is 7.15. The highest BCUT2D eigenvalue weighted by Gasteiger charge is 2.47. The van der Waals surface area contributed by atoms with E-state index < -0.39 is 8.07 Å². The van der Waals surface area contributed by atoms with Crippen molar-refractivity contribution >= 4 is 23.6 Å². The minimum atomic E-state index is -2.34. The van der Waals surface area contributed by atoms with E-state index in [0.29, 0.717) is 0 Å². The van der Waals surface area contributed by atoms with Crippen molar-refractivity contribution in [3.63, 3.8) is 0 Å². The standard InChI is InChI=1S/C27H27Si/c1-2-3-14-23-15-13-22-27(23)28(24-16-7-4-8-17-24,25-18-9-5-10-19-25)26-20-11-6-12-21-26/h4-13,15-22H,2-3,14H2,1H3. The molecule has 0 atom stereocenters. The summed E-state index contributed by atoms with van der Waals surface area (Å²) in [6.07, 6.45) is 10.6. The summed E-state index contributed by atoms with van der Waals surface area (Å²) in [6.45, 7) is 2.28. The van der Waals surface area contributed by atoms with Crippen LogP contribution >= 0.6 is 0 Å².